The number of aliphatic imine (C=N–C) groups is 1. The van der Waals surface area contributed by atoms with Crippen molar-refractivity contribution in [3.63, 3.8) is 0 Å². The smallest absolute Gasteiger partial charge is 0.191 e. The minimum atomic E-state index is -0.0490. The summed E-state index contributed by atoms with van der Waals surface area (Å²) in [5.74, 6) is 2.18. The zero-order valence-electron chi connectivity index (χ0n) is 16.6. The molecule has 1 heterocycles. The van der Waals surface area contributed by atoms with Crippen molar-refractivity contribution in [2.75, 3.05) is 40.5 Å². The number of methoxy groups -OCH3 is 1. The summed E-state index contributed by atoms with van der Waals surface area (Å²) in [5.41, 5.74) is 0. The van der Waals surface area contributed by atoms with Crippen LogP contribution in [-0.4, -0.2) is 64.7 Å². The number of ether oxygens (including phenoxy) is 4. The Bertz CT molecular complexity index is 568. The third kappa shape index (κ3) is 8.52. The van der Waals surface area contributed by atoms with Gasteiger partial charge >= 0.3 is 0 Å². The van der Waals surface area contributed by atoms with E-state index in [1.165, 1.54) is 0 Å². The first-order chi connectivity index (χ1) is 12.6. The summed E-state index contributed by atoms with van der Waals surface area (Å²) in [6.07, 6.45) is 1.13. The highest BCUT2D eigenvalue weighted by Crippen LogP contribution is 2.26. The van der Waals surface area contributed by atoms with E-state index in [9.17, 15) is 0 Å². The van der Waals surface area contributed by atoms with Crippen molar-refractivity contribution in [3.05, 3.63) is 24.3 Å². The van der Waals surface area contributed by atoms with E-state index in [0.717, 1.165) is 30.5 Å². The van der Waals surface area contributed by atoms with Crippen LogP contribution in [0, 0.1) is 0 Å². The standard InChI is InChI=1S/C19H31N3O4.HI/c1-14(12-25-16-9-10-24-13-16)22-19(20-3)21-11-15(2)26-18-8-6-5-7-17(18)23-4;/h5-8,14-16H,9-13H2,1-4H3,(H2,20,21,22);1H. The van der Waals surface area contributed by atoms with Gasteiger partial charge < -0.3 is 29.6 Å². The van der Waals surface area contributed by atoms with Crippen LogP contribution in [0.3, 0.4) is 0 Å². The Morgan fingerprint density at radius 1 is 1.30 bits per heavy atom. The molecule has 0 radical (unpaired) electrons. The molecular formula is C19H32IN3O4. The number of hydrogen-bond acceptors (Lipinski definition) is 5. The average molecular weight is 493 g/mol. The van der Waals surface area contributed by atoms with Crippen LogP contribution in [0.1, 0.15) is 20.3 Å². The Hall–Kier alpha value is -1.26. The van der Waals surface area contributed by atoms with Crippen LogP contribution in [-0.2, 0) is 9.47 Å². The maximum absolute atomic E-state index is 5.94. The van der Waals surface area contributed by atoms with Crippen molar-refractivity contribution in [2.24, 2.45) is 4.99 Å². The van der Waals surface area contributed by atoms with Gasteiger partial charge in [0.15, 0.2) is 17.5 Å². The molecule has 8 heteroatoms. The third-order valence-corrected chi connectivity index (χ3v) is 4.03. The Labute approximate surface area is 179 Å². The highest BCUT2D eigenvalue weighted by atomic mass is 127. The van der Waals surface area contributed by atoms with Gasteiger partial charge in [0.05, 0.1) is 33.0 Å². The number of hydrogen-bond donors (Lipinski definition) is 2. The fraction of sp³-hybridized carbons (Fsp3) is 0.632. The lowest BCUT2D eigenvalue weighted by Crippen LogP contribution is -2.46. The van der Waals surface area contributed by atoms with Crippen molar-refractivity contribution in [1.82, 2.24) is 10.6 Å². The molecule has 1 aromatic carbocycles. The molecule has 1 saturated heterocycles. The molecule has 1 aromatic rings. The topological polar surface area (TPSA) is 73.3 Å². The number of benzene rings is 1. The molecule has 0 bridgehead atoms. The summed E-state index contributed by atoms with van der Waals surface area (Å²) in [5, 5.41) is 6.60. The van der Waals surface area contributed by atoms with Gasteiger partial charge in [-0.05, 0) is 32.4 Å². The molecule has 1 fully saturated rings. The third-order valence-electron chi connectivity index (χ3n) is 4.03. The summed E-state index contributed by atoms with van der Waals surface area (Å²) in [6.45, 7) is 6.78. The van der Waals surface area contributed by atoms with E-state index in [1.807, 2.05) is 31.2 Å². The predicted octanol–water partition coefficient (Wildman–Crippen LogP) is 2.44. The lowest BCUT2D eigenvalue weighted by molar-refractivity contribution is 0.0347. The minimum absolute atomic E-state index is 0. The predicted molar refractivity (Wildman–Crippen MR) is 118 cm³/mol. The second-order valence-electron chi connectivity index (χ2n) is 6.40. The van der Waals surface area contributed by atoms with Gasteiger partial charge in [-0.2, -0.15) is 0 Å². The molecule has 1 aliphatic rings. The molecular weight excluding hydrogens is 461 g/mol. The van der Waals surface area contributed by atoms with E-state index in [1.54, 1.807) is 14.2 Å². The molecule has 2 N–H and O–H groups in total. The largest absolute Gasteiger partial charge is 0.493 e. The van der Waals surface area contributed by atoms with Crippen LogP contribution < -0.4 is 20.1 Å². The van der Waals surface area contributed by atoms with Crippen molar-refractivity contribution in [2.45, 2.75) is 38.5 Å². The van der Waals surface area contributed by atoms with E-state index < -0.39 is 0 Å². The molecule has 2 rings (SSSR count). The van der Waals surface area contributed by atoms with Gasteiger partial charge in [0.1, 0.15) is 6.10 Å². The van der Waals surface area contributed by atoms with Crippen molar-refractivity contribution >= 4 is 29.9 Å². The van der Waals surface area contributed by atoms with Gasteiger partial charge in [-0.3, -0.25) is 4.99 Å². The Kier molecular flexibility index (Phi) is 11.5. The maximum atomic E-state index is 5.94. The fourth-order valence-electron chi connectivity index (χ4n) is 2.61. The maximum Gasteiger partial charge on any atom is 0.191 e. The second kappa shape index (κ2) is 13.0. The molecule has 1 aliphatic heterocycles. The van der Waals surface area contributed by atoms with Crippen LogP contribution >= 0.6 is 24.0 Å². The number of rotatable bonds is 9. The van der Waals surface area contributed by atoms with E-state index in [2.05, 4.69) is 22.5 Å². The van der Waals surface area contributed by atoms with Crippen LogP contribution in [0.15, 0.2) is 29.3 Å². The van der Waals surface area contributed by atoms with Gasteiger partial charge in [0.25, 0.3) is 0 Å². The van der Waals surface area contributed by atoms with Gasteiger partial charge in [0.2, 0.25) is 0 Å². The second-order valence-corrected chi connectivity index (χ2v) is 6.40. The Balaban J connectivity index is 0.00000364. The molecule has 3 atom stereocenters. The zero-order chi connectivity index (χ0) is 18.8. The van der Waals surface area contributed by atoms with Crippen molar-refractivity contribution in [3.8, 4) is 11.5 Å². The summed E-state index contributed by atoms with van der Waals surface area (Å²) in [7, 11) is 3.39. The molecule has 0 aromatic heterocycles. The van der Waals surface area contributed by atoms with Gasteiger partial charge in [-0.1, -0.05) is 12.1 Å². The number of nitrogens with zero attached hydrogens (tertiary/aromatic N) is 1. The van der Waals surface area contributed by atoms with Gasteiger partial charge in [0, 0.05) is 19.7 Å². The molecule has 0 spiro atoms. The first-order valence-corrected chi connectivity index (χ1v) is 9.08. The SMILES string of the molecule is CN=C(NCC(C)Oc1ccccc1OC)NC(C)COC1CCOC1.I. The minimum Gasteiger partial charge on any atom is -0.493 e. The molecule has 0 amide bonds. The highest BCUT2D eigenvalue weighted by molar-refractivity contribution is 14.0. The van der Waals surface area contributed by atoms with E-state index in [-0.39, 0.29) is 42.2 Å². The van der Waals surface area contributed by atoms with Crippen LogP contribution in [0.25, 0.3) is 0 Å². The number of guanidine groups is 1. The molecule has 0 saturated carbocycles. The molecule has 27 heavy (non-hydrogen) atoms. The van der Waals surface area contributed by atoms with Crippen LogP contribution in [0.4, 0.5) is 0 Å². The van der Waals surface area contributed by atoms with Crippen molar-refractivity contribution < 1.29 is 18.9 Å². The normalized spacial score (nSPS) is 19.0. The summed E-state index contributed by atoms with van der Waals surface area (Å²) in [4.78, 5) is 4.25. The van der Waals surface area contributed by atoms with E-state index in [0.29, 0.717) is 19.8 Å². The quantitative estimate of drug-likeness (QED) is 0.313. The Morgan fingerprint density at radius 2 is 2.04 bits per heavy atom. The van der Waals surface area contributed by atoms with Crippen LogP contribution in [0.2, 0.25) is 0 Å². The summed E-state index contributed by atoms with van der Waals surface area (Å²) in [6, 6.07) is 7.77. The van der Waals surface area contributed by atoms with Gasteiger partial charge in [-0.25, -0.2) is 0 Å². The number of para-hydroxylation sites is 2. The van der Waals surface area contributed by atoms with Crippen LogP contribution in [0.5, 0.6) is 11.5 Å². The first kappa shape index (κ1) is 23.8. The number of halogens is 1. The van der Waals surface area contributed by atoms with E-state index >= 15 is 0 Å². The fourth-order valence-corrected chi connectivity index (χ4v) is 2.61. The molecule has 3 unspecified atom stereocenters. The molecule has 7 nitrogen and oxygen atoms in total. The summed E-state index contributed by atoms with van der Waals surface area (Å²) >= 11 is 0. The summed E-state index contributed by atoms with van der Waals surface area (Å²) < 4.78 is 22.4. The van der Waals surface area contributed by atoms with E-state index in [4.69, 9.17) is 18.9 Å². The van der Waals surface area contributed by atoms with Gasteiger partial charge in [-0.15, -0.1) is 24.0 Å². The highest BCUT2D eigenvalue weighted by Gasteiger charge is 2.17. The number of nitrogens with one attached hydrogen (secondary N) is 2. The zero-order valence-corrected chi connectivity index (χ0v) is 18.9. The first-order valence-electron chi connectivity index (χ1n) is 9.08. The lowest BCUT2D eigenvalue weighted by atomic mass is 10.3. The molecule has 154 valence electrons. The Morgan fingerprint density at radius 3 is 2.67 bits per heavy atom. The monoisotopic (exact) mass is 493 g/mol. The average Bonchev–Trinajstić information content (AvgIpc) is 3.17. The van der Waals surface area contributed by atoms with Crippen molar-refractivity contribution in [1.29, 1.82) is 0 Å². The molecule has 0 aliphatic carbocycles. The lowest BCUT2D eigenvalue weighted by Gasteiger charge is -2.22.